The fourth-order valence-electron chi connectivity index (χ4n) is 3.68. The molecule has 0 saturated heterocycles. The van der Waals surface area contributed by atoms with Gasteiger partial charge in [0.25, 0.3) is 0 Å². The van der Waals surface area contributed by atoms with Gasteiger partial charge in [0.1, 0.15) is 5.60 Å². The number of hydrogen-bond acceptors (Lipinski definition) is 2. The van der Waals surface area contributed by atoms with E-state index in [0.717, 1.165) is 37.4 Å². The van der Waals surface area contributed by atoms with Crippen molar-refractivity contribution in [3.8, 4) is 0 Å². The van der Waals surface area contributed by atoms with Gasteiger partial charge in [0.2, 0.25) is 0 Å². The highest BCUT2D eigenvalue weighted by Gasteiger charge is 2.23. The highest BCUT2D eigenvalue weighted by molar-refractivity contribution is 9.10. The average Bonchev–Trinajstić information content (AvgIpc) is 3.25. The monoisotopic (exact) mass is 453 g/mol. The number of H-pyrrole nitrogens is 2. The molecular weight excluding hydrogens is 430 g/mol. The molecule has 2 aromatic carbocycles. The van der Waals surface area contributed by atoms with Crippen LogP contribution in [0, 0.1) is 0 Å². The van der Waals surface area contributed by atoms with Crippen molar-refractivity contribution in [1.29, 1.82) is 0 Å². The highest BCUT2D eigenvalue weighted by Crippen LogP contribution is 2.35. The van der Waals surface area contributed by atoms with Crippen LogP contribution in [0.5, 0.6) is 0 Å². The van der Waals surface area contributed by atoms with Crippen LogP contribution in [0.1, 0.15) is 37.8 Å². The van der Waals surface area contributed by atoms with Crippen molar-refractivity contribution in [2.45, 2.75) is 32.3 Å². The number of para-hydroxylation sites is 1. The third kappa shape index (κ3) is 4.17. The van der Waals surface area contributed by atoms with Gasteiger partial charge in [0, 0.05) is 51.1 Å². The molecule has 5 nitrogen and oxygen atoms in total. The van der Waals surface area contributed by atoms with Gasteiger partial charge in [-0.1, -0.05) is 40.2 Å². The fourth-order valence-corrected chi connectivity index (χ4v) is 4.04. The summed E-state index contributed by atoms with van der Waals surface area (Å²) in [5.41, 5.74) is 3.87. The molecule has 2 heterocycles. The highest BCUT2D eigenvalue weighted by atomic mass is 79.9. The number of hydrogen-bond donors (Lipinski definition) is 3. The third-order valence-electron chi connectivity index (χ3n) is 4.90. The first-order valence-corrected chi connectivity index (χ1v) is 10.4. The van der Waals surface area contributed by atoms with Crippen LogP contribution < -0.4 is 5.32 Å². The van der Waals surface area contributed by atoms with Crippen LogP contribution in [-0.4, -0.2) is 28.2 Å². The predicted octanol–water partition coefficient (Wildman–Crippen LogP) is 6.07. The van der Waals surface area contributed by atoms with Gasteiger partial charge in [-0.3, -0.25) is 0 Å². The second-order valence-electron chi connectivity index (χ2n) is 8.16. The Kier molecular flexibility index (Phi) is 5.13. The van der Waals surface area contributed by atoms with Crippen molar-refractivity contribution in [2.75, 3.05) is 6.54 Å². The number of fused-ring (bicyclic) bond motifs is 2. The Morgan fingerprint density at radius 1 is 1.03 bits per heavy atom. The lowest BCUT2D eigenvalue weighted by molar-refractivity contribution is 0.0526. The molecule has 150 valence electrons. The number of carbonyl (C=O) groups excluding carboxylic acids is 1. The molecule has 6 heteroatoms. The van der Waals surface area contributed by atoms with Crippen molar-refractivity contribution in [2.24, 2.45) is 0 Å². The SMILES string of the molecule is CC(C)(C)OC(=O)NCC(c1c[nH]c2ccccc12)c1c[nH]c2cc(Br)ccc12. The normalized spacial score (nSPS) is 13.0. The van der Waals surface area contributed by atoms with Crippen LogP contribution in [0.3, 0.4) is 0 Å². The first kappa shape index (κ1) is 19.6. The molecule has 1 unspecified atom stereocenters. The predicted molar refractivity (Wildman–Crippen MR) is 120 cm³/mol. The van der Waals surface area contributed by atoms with Gasteiger partial charge in [-0.25, -0.2) is 4.79 Å². The lowest BCUT2D eigenvalue weighted by Crippen LogP contribution is -2.35. The number of aromatic nitrogens is 2. The summed E-state index contributed by atoms with van der Waals surface area (Å²) in [6.45, 7) is 6.02. The Balaban J connectivity index is 1.74. The second kappa shape index (κ2) is 7.59. The zero-order valence-corrected chi connectivity index (χ0v) is 18.3. The Labute approximate surface area is 178 Å². The first-order valence-electron chi connectivity index (χ1n) is 9.61. The first-order chi connectivity index (χ1) is 13.8. The quantitative estimate of drug-likeness (QED) is 0.350. The molecule has 0 fully saturated rings. The van der Waals surface area contributed by atoms with E-state index in [1.54, 1.807) is 0 Å². The number of alkyl carbamates (subject to hydrolysis) is 1. The van der Waals surface area contributed by atoms with Crippen LogP contribution in [0.15, 0.2) is 59.3 Å². The van der Waals surface area contributed by atoms with Gasteiger partial charge < -0.3 is 20.0 Å². The van der Waals surface area contributed by atoms with Gasteiger partial charge in [-0.15, -0.1) is 0 Å². The van der Waals surface area contributed by atoms with E-state index >= 15 is 0 Å². The minimum absolute atomic E-state index is 0.0337. The second-order valence-corrected chi connectivity index (χ2v) is 9.07. The van der Waals surface area contributed by atoms with Crippen molar-refractivity contribution in [3.05, 3.63) is 70.5 Å². The molecule has 29 heavy (non-hydrogen) atoms. The van der Waals surface area contributed by atoms with Crippen LogP contribution in [-0.2, 0) is 4.74 Å². The Morgan fingerprint density at radius 2 is 1.69 bits per heavy atom. The topological polar surface area (TPSA) is 69.9 Å². The molecule has 1 atom stereocenters. The van der Waals surface area contributed by atoms with Crippen LogP contribution in [0.2, 0.25) is 0 Å². The molecule has 0 bridgehead atoms. The third-order valence-corrected chi connectivity index (χ3v) is 5.39. The van der Waals surface area contributed by atoms with E-state index in [2.05, 4.69) is 55.5 Å². The zero-order valence-electron chi connectivity index (χ0n) is 16.7. The Morgan fingerprint density at radius 3 is 2.41 bits per heavy atom. The van der Waals surface area contributed by atoms with Gasteiger partial charge in [-0.2, -0.15) is 0 Å². The maximum atomic E-state index is 12.3. The number of carbonyl (C=O) groups is 1. The number of ether oxygens (including phenoxy) is 1. The molecule has 4 aromatic rings. The number of halogens is 1. The van der Waals surface area contributed by atoms with Crippen molar-refractivity contribution < 1.29 is 9.53 Å². The van der Waals surface area contributed by atoms with E-state index in [1.165, 1.54) is 0 Å². The maximum Gasteiger partial charge on any atom is 0.407 e. The van der Waals surface area contributed by atoms with Crippen molar-refractivity contribution in [1.82, 2.24) is 15.3 Å². The molecule has 0 aliphatic heterocycles. The van der Waals surface area contributed by atoms with Gasteiger partial charge in [-0.05, 0) is 50.1 Å². The summed E-state index contributed by atoms with van der Waals surface area (Å²) in [6.07, 6.45) is 3.65. The number of aromatic amines is 2. The molecule has 2 aromatic heterocycles. The number of rotatable bonds is 4. The number of nitrogens with one attached hydrogen (secondary N) is 3. The van der Waals surface area contributed by atoms with Crippen molar-refractivity contribution in [3.63, 3.8) is 0 Å². The Hall–Kier alpha value is -2.73. The fraction of sp³-hybridized carbons (Fsp3) is 0.261. The summed E-state index contributed by atoms with van der Waals surface area (Å²) in [6, 6.07) is 14.4. The molecule has 0 aliphatic rings. The van der Waals surface area contributed by atoms with Crippen LogP contribution in [0.25, 0.3) is 21.8 Å². The molecule has 1 amide bonds. The molecule has 0 saturated carbocycles. The summed E-state index contributed by atoms with van der Waals surface area (Å²) in [4.78, 5) is 19.0. The number of benzene rings is 2. The summed E-state index contributed by atoms with van der Waals surface area (Å²) >= 11 is 3.53. The van der Waals surface area contributed by atoms with E-state index < -0.39 is 11.7 Å². The minimum Gasteiger partial charge on any atom is -0.444 e. The van der Waals surface area contributed by atoms with Gasteiger partial charge >= 0.3 is 6.09 Å². The van der Waals surface area contributed by atoms with Gasteiger partial charge in [0.15, 0.2) is 0 Å². The van der Waals surface area contributed by atoms with Crippen LogP contribution >= 0.6 is 15.9 Å². The van der Waals surface area contributed by atoms with Crippen molar-refractivity contribution >= 4 is 43.8 Å². The summed E-state index contributed by atoms with van der Waals surface area (Å²) in [5, 5.41) is 5.24. The maximum absolute atomic E-state index is 12.3. The van der Waals surface area contributed by atoms with E-state index in [0.29, 0.717) is 6.54 Å². The standard InChI is InChI=1S/C23H24BrN3O2/c1-23(2,3)29-22(28)27-13-19(17-11-25-20-7-5-4-6-15(17)20)18-12-26-21-10-14(24)8-9-16(18)21/h4-12,19,25-26H,13H2,1-3H3,(H,27,28). The summed E-state index contributed by atoms with van der Waals surface area (Å²) < 4.78 is 6.46. The molecule has 0 radical (unpaired) electrons. The van der Waals surface area contributed by atoms with E-state index in [9.17, 15) is 4.79 Å². The lowest BCUT2D eigenvalue weighted by atomic mass is 9.90. The zero-order chi connectivity index (χ0) is 20.6. The molecular formula is C23H24BrN3O2. The smallest absolute Gasteiger partial charge is 0.407 e. The van der Waals surface area contributed by atoms with Gasteiger partial charge in [0.05, 0.1) is 0 Å². The molecule has 3 N–H and O–H groups in total. The molecule has 4 rings (SSSR count). The summed E-state index contributed by atoms with van der Waals surface area (Å²) in [5.74, 6) is -0.0337. The van der Waals surface area contributed by atoms with E-state index in [1.807, 2.05) is 51.4 Å². The average molecular weight is 454 g/mol. The van der Waals surface area contributed by atoms with E-state index in [4.69, 9.17) is 4.74 Å². The van der Waals surface area contributed by atoms with E-state index in [-0.39, 0.29) is 5.92 Å². The molecule has 0 spiro atoms. The largest absolute Gasteiger partial charge is 0.444 e. The molecule has 0 aliphatic carbocycles. The summed E-state index contributed by atoms with van der Waals surface area (Å²) in [7, 11) is 0. The minimum atomic E-state index is -0.534. The number of amides is 1. The lowest BCUT2D eigenvalue weighted by Gasteiger charge is -2.22. The van der Waals surface area contributed by atoms with Crippen LogP contribution in [0.4, 0.5) is 4.79 Å². The Bertz CT molecular complexity index is 1170.